The van der Waals surface area contributed by atoms with Gasteiger partial charge in [-0.1, -0.05) is 0 Å². The van der Waals surface area contributed by atoms with Gasteiger partial charge in [0.05, 0.1) is 6.54 Å². The Bertz CT molecular complexity index is 555. The molecule has 2 heterocycles. The van der Waals surface area contributed by atoms with Crippen molar-refractivity contribution in [3.8, 4) is 0 Å². The van der Waals surface area contributed by atoms with Crippen LogP contribution in [-0.4, -0.2) is 65.5 Å². The highest BCUT2D eigenvalue weighted by Gasteiger charge is 2.17. The van der Waals surface area contributed by atoms with Crippen molar-refractivity contribution in [2.45, 2.75) is 0 Å². The van der Waals surface area contributed by atoms with Gasteiger partial charge < -0.3 is 20.6 Å². The van der Waals surface area contributed by atoms with Gasteiger partial charge in [-0.3, -0.25) is 9.59 Å². The van der Waals surface area contributed by atoms with E-state index in [1.54, 1.807) is 4.90 Å². The third-order valence-corrected chi connectivity index (χ3v) is 3.11. The Hall–Kier alpha value is -2.48. The molecule has 112 valence electrons. The maximum atomic E-state index is 11.9. The lowest BCUT2D eigenvalue weighted by Crippen LogP contribution is -2.49. The zero-order valence-corrected chi connectivity index (χ0v) is 11.3. The summed E-state index contributed by atoms with van der Waals surface area (Å²) in [5.41, 5.74) is -0.0495. The molecule has 0 aromatic carbocycles. The van der Waals surface area contributed by atoms with Crippen LogP contribution in [0, 0.1) is 0 Å². The molecular formula is C13H16N4O4. The molecule has 1 aliphatic heterocycles. The number of carboxylic acids is 1. The summed E-state index contributed by atoms with van der Waals surface area (Å²) in [6.07, 6.45) is 1.25. The maximum Gasteiger partial charge on any atom is 0.354 e. The fourth-order valence-electron chi connectivity index (χ4n) is 1.97. The monoisotopic (exact) mass is 292 g/mol. The molecule has 0 radical (unpaired) electrons. The average molecular weight is 292 g/mol. The van der Waals surface area contributed by atoms with Gasteiger partial charge in [-0.2, -0.15) is 0 Å². The fourth-order valence-corrected chi connectivity index (χ4v) is 1.97. The number of aromatic carboxylic acids is 1. The third kappa shape index (κ3) is 3.99. The average Bonchev–Trinajstić information content (AvgIpc) is 2.53. The number of rotatable bonds is 4. The van der Waals surface area contributed by atoms with Gasteiger partial charge in [-0.25, -0.2) is 9.78 Å². The summed E-state index contributed by atoms with van der Waals surface area (Å²) < 4.78 is 0. The van der Waals surface area contributed by atoms with E-state index in [0.717, 1.165) is 13.1 Å². The Labute approximate surface area is 121 Å². The van der Waals surface area contributed by atoms with Crippen molar-refractivity contribution in [2.24, 2.45) is 0 Å². The molecule has 0 bridgehead atoms. The number of aromatic nitrogens is 1. The van der Waals surface area contributed by atoms with Crippen molar-refractivity contribution < 1.29 is 19.5 Å². The van der Waals surface area contributed by atoms with Crippen LogP contribution < -0.4 is 10.6 Å². The van der Waals surface area contributed by atoms with E-state index in [2.05, 4.69) is 15.6 Å². The van der Waals surface area contributed by atoms with Crippen molar-refractivity contribution in [1.82, 2.24) is 20.5 Å². The molecule has 1 aromatic rings. The summed E-state index contributed by atoms with van der Waals surface area (Å²) in [4.78, 5) is 39.9. The predicted octanol–water partition coefficient (Wildman–Crippen LogP) is -1.06. The Morgan fingerprint density at radius 3 is 2.71 bits per heavy atom. The number of carboxylic acid groups (broad SMARTS) is 1. The standard InChI is InChI=1S/C13H16N4O4/c18-11(17-5-3-14-4-6-17)8-16-12(19)9-1-2-15-10(7-9)13(20)21/h1-2,7,14H,3-6,8H2,(H,16,19)(H,20,21). The highest BCUT2D eigenvalue weighted by Crippen LogP contribution is 2.02. The molecule has 0 aliphatic carbocycles. The molecule has 0 saturated carbocycles. The Morgan fingerprint density at radius 1 is 1.33 bits per heavy atom. The van der Waals surface area contributed by atoms with E-state index in [1.807, 2.05) is 0 Å². The summed E-state index contributed by atoms with van der Waals surface area (Å²) in [5.74, 6) is -1.86. The summed E-state index contributed by atoms with van der Waals surface area (Å²) in [6, 6.07) is 2.57. The number of nitrogens with zero attached hydrogens (tertiary/aromatic N) is 2. The number of hydrogen-bond acceptors (Lipinski definition) is 5. The molecule has 1 aromatic heterocycles. The van der Waals surface area contributed by atoms with Gasteiger partial charge in [0.15, 0.2) is 0 Å². The zero-order valence-electron chi connectivity index (χ0n) is 11.3. The van der Waals surface area contributed by atoms with E-state index in [9.17, 15) is 14.4 Å². The maximum absolute atomic E-state index is 11.9. The fraction of sp³-hybridized carbons (Fsp3) is 0.385. The summed E-state index contributed by atoms with van der Waals surface area (Å²) in [6.45, 7) is 2.61. The Morgan fingerprint density at radius 2 is 2.05 bits per heavy atom. The molecule has 8 heteroatoms. The van der Waals surface area contributed by atoms with Crippen molar-refractivity contribution >= 4 is 17.8 Å². The van der Waals surface area contributed by atoms with Crippen molar-refractivity contribution in [3.63, 3.8) is 0 Å². The van der Waals surface area contributed by atoms with Crippen LogP contribution in [0.15, 0.2) is 18.3 Å². The second-order valence-electron chi connectivity index (χ2n) is 4.55. The minimum absolute atomic E-state index is 0.108. The normalized spacial score (nSPS) is 14.6. The van der Waals surface area contributed by atoms with Crippen LogP contribution in [0.4, 0.5) is 0 Å². The highest BCUT2D eigenvalue weighted by molar-refractivity contribution is 5.98. The van der Waals surface area contributed by atoms with Crippen molar-refractivity contribution in [3.05, 3.63) is 29.6 Å². The lowest BCUT2D eigenvalue weighted by Gasteiger charge is -2.27. The number of carbonyl (C=O) groups is 3. The van der Waals surface area contributed by atoms with Crippen LogP contribution in [0.25, 0.3) is 0 Å². The van der Waals surface area contributed by atoms with Gasteiger partial charge >= 0.3 is 5.97 Å². The molecule has 1 fully saturated rings. The number of amides is 2. The Kier molecular flexibility index (Phi) is 4.83. The van der Waals surface area contributed by atoms with E-state index in [-0.39, 0.29) is 23.7 Å². The zero-order chi connectivity index (χ0) is 15.2. The van der Waals surface area contributed by atoms with E-state index >= 15 is 0 Å². The van der Waals surface area contributed by atoms with Crippen LogP contribution in [0.1, 0.15) is 20.8 Å². The molecular weight excluding hydrogens is 276 g/mol. The van der Waals surface area contributed by atoms with Gasteiger partial charge in [0.25, 0.3) is 5.91 Å². The van der Waals surface area contributed by atoms with Gasteiger partial charge in [-0.15, -0.1) is 0 Å². The van der Waals surface area contributed by atoms with Crippen LogP contribution in [0.2, 0.25) is 0 Å². The number of hydrogen-bond donors (Lipinski definition) is 3. The molecule has 3 N–H and O–H groups in total. The first-order chi connectivity index (χ1) is 10.1. The van der Waals surface area contributed by atoms with E-state index in [1.165, 1.54) is 18.3 Å². The SMILES string of the molecule is O=C(NCC(=O)N1CCNCC1)c1ccnc(C(=O)O)c1. The first-order valence-corrected chi connectivity index (χ1v) is 6.54. The molecule has 0 spiro atoms. The molecule has 0 atom stereocenters. The summed E-state index contributed by atoms with van der Waals surface area (Å²) in [5, 5.41) is 14.4. The van der Waals surface area contributed by atoms with E-state index in [4.69, 9.17) is 5.11 Å². The molecule has 21 heavy (non-hydrogen) atoms. The largest absolute Gasteiger partial charge is 0.477 e. The first kappa shape index (κ1) is 14.9. The minimum atomic E-state index is -1.21. The molecule has 1 aliphatic rings. The van der Waals surface area contributed by atoms with Gasteiger partial charge in [0, 0.05) is 37.9 Å². The van der Waals surface area contributed by atoms with E-state index < -0.39 is 11.9 Å². The van der Waals surface area contributed by atoms with Crippen LogP contribution in [0.5, 0.6) is 0 Å². The number of pyridine rings is 1. The number of piperazine rings is 1. The Balaban J connectivity index is 1.90. The van der Waals surface area contributed by atoms with E-state index in [0.29, 0.717) is 13.1 Å². The molecule has 8 nitrogen and oxygen atoms in total. The molecule has 1 saturated heterocycles. The molecule has 2 amide bonds. The molecule has 2 rings (SSSR count). The number of carbonyl (C=O) groups excluding carboxylic acids is 2. The highest BCUT2D eigenvalue weighted by atomic mass is 16.4. The van der Waals surface area contributed by atoms with Crippen molar-refractivity contribution in [1.29, 1.82) is 0 Å². The lowest BCUT2D eigenvalue weighted by atomic mass is 10.2. The quantitative estimate of drug-likeness (QED) is 0.652. The van der Waals surface area contributed by atoms with Crippen LogP contribution >= 0.6 is 0 Å². The topological polar surface area (TPSA) is 112 Å². The first-order valence-electron chi connectivity index (χ1n) is 6.54. The number of nitrogens with one attached hydrogen (secondary N) is 2. The van der Waals surface area contributed by atoms with Gasteiger partial charge in [0.2, 0.25) is 5.91 Å². The second-order valence-corrected chi connectivity index (χ2v) is 4.55. The lowest BCUT2D eigenvalue weighted by molar-refractivity contribution is -0.130. The van der Waals surface area contributed by atoms with Crippen LogP contribution in [-0.2, 0) is 4.79 Å². The van der Waals surface area contributed by atoms with Crippen LogP contribution in [0.3, 0.4) is 0 Å². The second kappa shape index (κ2) is 6.80. The predicted molar refractivity (Wildman–Crippen MR) is 73.0 cm³/mol. The smallest absolute Gasteiger partial charge is 0.354 e. The van der Waals surface area contributed by atoms with Crippen molar-refractivity contribution in [2.75, 3.05) is 32.7 Å². The third-order valence-electron chi connectivity index (χ3n) is 3.11. The summed E-state index contributed by atoms with van der Waals surface area (Å²) in [7, 11) is 0. The summed E-state index contributed by atoms with van der Waals surface area (Å²) >= 11 is 0. The molecule has 0 unspecified atom stereocenters. The van der Waals surface area contributed by atoms with Gasteiger partial charge in [0.1, 0.15) is 5.69 Å². The van der Waals surface area contributed by atoms with Gasteiger partial charge in [-0.05, 0) is 12.1 Å². The minimum Gasteiger partial charge on any atom is -0.477 e.